The number of benzene rings is 1. The summed E-state index contributed by atoms with van der Waals surface area (Å²) in [4.78, 5) is 17.7. The number of nitrogens with one attached hydrogen (secondary N) is 1. The Morgan fingerprint density at radius 3 is 2.68 bits per heavy atom. The molecule has 0 saturated heterocycles. The fourth-order valence-corrected chi connectivity index (χ4v) is 4.15. The molecule has 0 spiro atoms. The van der Waals surface area contributed by atoms with Crippen molar-refractivity contribution in [1.29, 1.82) is 0 Å². The number of imidazole rings is 1. The molecule has 1 aromatic carbocycles. The van der Waals surface area contributed by atoms with Gasteiger partial charge in [0.1, 0.15) is 5.69 Å². The van der Waals surface area contributed by atoms with E-state index in [1.165, 1.54) is 16.9 Å². The molecular weight excluding hydrogens is 370 g/mol. The van der Waals surface area contributed by atoms with Gasteiger partial charge in [0.2, 0.25) is 0 Å². The van der Waals surface area contributed by atoms with Gasteiger partial charge in [-0.15, -0.1) is 11.3 Å². The van der Waals surface area contributed by atoms with Gasteiger partial charge < -0.3 is 4.57 Å². The molecule has 0 aliphatic carbocycles. The molecule has 0 saturated carbocycles. The summed E-state index contributed by atoms with van der Waals surface area (Å²) in [6.07, 6.45) is 3.53. The average Bonchev–Trinajstić information content (AvgIpc) is 3.29. The van der Waals surface area contributed by atoms with Gasteiger partial charge in [0.25, 0.3) is 5.91 Å². The van der Waals surface area contributed by atoms with E-state index >= 15 is 0 Å². The first-order valence-corrected chi connectivity index (χ1v) is 9.85. The van der Waals surface area contributed by atoms with E-state index in [4.69, 9.17) is 0 Å². The molecule has 0 atom stereocenters. The van der Waals surface area contributed by atoms with Gasteiger partial charge in [0.05, 0.1) is 11.9 Å². The molecule has 7 heteroatoms. The molecule has 4 rings (SSSR count). The van der Waals surface area contributed by atoms with E-state index in [-0.39, 0.29) is 5.91 Å². The minimum Gasteiger partial charge on any atom is -0.318 e. The molecular formula is C21H21N5OS. The van der Waals surface area contributed by atoms with Gasteiger partial charge in [-0.2, -0.15) is 5.10 Å². The zero-order chi connectivity index (χ0) is 19.8. The van der Waals surface area contributed by atoms with Crippen molar-refractivity contribution in [3.63, 3.8) is 0 Å². The molecule has 3 aromatic heterocycles. The Kier molecular flexibility index (Phi) is 4.60. The van der Waals surface area contributed by atoms with E-state index in [0.717, 1.165) is 27.6 Å². The Labute approximate surface area is 167 Å². The van der Waals surface area contributed by atoms with Crippen LogP contribution in [0.3, 0.4) is 0 Å². The van der Waals surface area contributed by atoms with Crippen LogP contribution >= 0.6 is 11.3 Å². The van der Waals surface area contributed by atoms with Crippen molar-refractivity contribution in [2.24, 2.45) is 5.10 Å². The van der Waals surface area contributed by atoms with Gasteiger partial charge in [-0.3, -0.25) is 9.20 Å². The van der Waals surface area contributed by atoms with E-state index in [9.17, 15) is 4.79 Å². The summed E-state index contributed by atoms with van der Waals surface area (Å²) in [6.45, 7) is 8.01. The summed E-state index contributed by atoms with van der Waals surface area (Å²) in [5, 5.41) is 6.08. The second-order valence-corrected chi connectivity index (χ2v) is 7.67. The van der Waals surface area contributed by atoms with Crippen molar-refractivity contribution >= 4 is 28.4 Å². The first-order valence-electron chi connectivity index (χ1n) is 8.97. The van der Waals surface area contributed by atoms with Crippen molar-refractivity contribution in [3.8, 4) is 5.69 Å². The number of rotatable bonds is 4. The first kappa shape index (κ1) is 18.2. The highest BCUT2D eigenvalue weighted by molar-refractivity contribution is 7.15. The number of hydrogen-bond acceptors (Lipinski definition) is 4. The highest BCUT2D eigenvalue weighted by Crippen LogP contribution is 2.20. The van der Waals surface area contributed by atoms with Gasteiger partial charge in [-0.05, 0) is 45.9 Å². The lowest BCUT2D eigenvalue weighted by Gasteiger charge is -2.09. The summed E-state index contributed by atoms with van der Waals surface area (Å²) in [5.41, 5.74) is 9.31. The number of hydrogen-bond donors (Lipinski definition) is 1. The summed E-state index contributed by atoms with van der Waals surface area (Å²) < 4.78 is 3.97. The number of nitrogens with zero attached hydrogens (tertiary/aromatic N) is 4. The van der Waals surface area contributed by atoms with Gasteiger partial charge in [-0.25, -0.2) is 10.4 Å². The number of aromatic nitrogens is 3. The molecule has 4 aromatic rings. The van der Waals surface area contributed by atoms with Crippen LogP contribution in [0.4, 0.5) is 0 Å². The number of thiazole rings is 1. The van der Waals surface area contributed by atoms with Crippen LogP contribution in [0.25, 0.3) is 10.6 Å². The van der Waals surface area contributed by atoms with Crippen molar-refractivity contribution < 1.29 is 4.79 Å². The maximum atomic E-state index is 12.6. The largest absolute Gasteiger partial charge is 0.318 e. The van der Waals surface area contributed by atoms with Crippen LogP contribution in [0.5, 0.6) is 0 Å². The van der Waals surface area contributed by atoms with Crippen molar-refractivity contribution in [2.75, 3.05) is 0 Å². The van der Waals surface area contributed by atoms with Crippen molar-refractivity contribution in [1.82, 2.24) is 19.4 Å². The van der Waals surface area contributed by atoms with Crippen LogP contribution in [-0.4, -0.2) is 26.1 Å². The molecule has 0 aliphatic heterocycles. The molecule has 0 bridgehead atoms. The van der Waals surface area contributed by atoms with E-state index in [1.807, 2.05) is 25.4 Å². The summed E-state index contributed by atoms with van der Waals surface area (Å²) in [7, 11) is 0. The molecule has 0 aliphatic rings. The monoisotopic (exact) mass is 391 g/mol. The molecule has 6 nitrogen and oxygen atoms in total. The average molecular weight is 392 g/mol. The summed E-state index contributed by atoms with van der Waals surface area (Å²) >= 11 is 1.50. The highest BCUT2D eigenvalue weighted by atomic mass is 32.1. The molecule has 0 radical (unpaired) electrons. The van der Waals surface area contributed by atoms with E-state index in [1.54, 1.807) is 10.6 Å². The predicted octanol–water partition coefficient (Wildman–Crippen LogP) is 4.18. The Balaban J connectivity index is 1.56. The lowest BCUT2D eigenvalue weighted by atomic mass is 10.2. The first-order chi connectivity index (χ1) is 13.5. The number of carbonyl (C=O) groups excluding carboxylic acids is 1. The van der Waals surface area contributed by atoms with E-state index in [2.05, 4.69) is 64.3 Å². The quantitative estimate of drug-likeness (QED) is 0.419. The van der Waals surface area contributed by atoms with Gasteiger partial charge in [0.15, 0.2) is 4.96 Å². The number of amides is 1. The fraction of sp³-hybridized carbons (Fsp3) is 0.190. The zero-order valence-electron chi connectivity index (χ0n) is 16.2. The number of carbonyl (C=O) groups is 1. The standard InChI is InChI=1S/C21H21N5OS/c1-13-5-7-18(8-6-13)26-14(2)11-17(16(26)4)12-22-24-20(27)19-15(3)23-21-25(19)9-10-28-21/h5-12H,1-4H3,(H,24,27)/b22-12-. The second kappa shape index (κ2) is 7.09. The molecule has 0 unspecified atom stereocenters. The van der Waals surface area contributed by atoms with Gasteiger partial charge in [0, 0.05) is 34.2 Å². The Morgan fingerprint density at radius 1 is 1.18 bits per heavy atom. The third-order valence-corrected chi connectivity index (χ3v) is 5.54. The minimum atomic E-state index is -0.271. The van der Waals surface area contributed by atoms with E-state index in [0.29, 0.717) is 11.4 Å². The van der Waals surface area contributed by atoms with Gasteiger partial charge >= 0.3 is 0 Å². The lowest BCUT2D eigenvalue weighted by Crippen LogP contribution is -2.20. The zero-order valence-corrected chi connectivity index (χ0v) is 17.0. The van der Waals surface area contributed by atoms with Crippen molar-refractivity contribution in [3.05, 3.63) is 75.8 Å². The molecule has 28 heavy (non-hydrogen) atoms. The Bertz CT molecular complexity index is 1190. The van der Waals surface area contributed by atoms with Crippen LogP contribution < -0.4 is 5.43 Å². The van der Waals surface area contributed by atoms with Gasteiger partial charge in [-0.1, -0.05) is 17.7 Å². The summed E-state index contributed by atoms with van der Waals surface area (Å²) in [5.74, 6) is -0.271. The Morgan fingerprint density at radius 2 is 1.93 bits per heavy atom. The molecule has 142 valence electrons. The molecule has 1 N–H and O–H groups in total. The van der Waals surface area contributed by atoms with Crippen LogP contribution in [0, 0.1) is 27.7 Å². The molecule has 0 fully saturated rings. The smallest absolute Gasteiger partial charge is 0.290 e. The third-order valence-electron chi connectivity index (χ3n) is 4.78. The number of fused-ring (bicyclic) bond motifs is 1. The predicted molar refractivity (Wildman–Crippen MR) is 113 cm³/mol. The summed E-state index contributed by atoms with van der Waals surface area (Å²) in [6, 6.07) is 10.5. The molecule has 1 amide bonds. The normalized spacial score (nSPS) is 11.6. The maximum Gasteiger partial charge on any atom is 0.290 e. The Hall–Kier alpha value is -3.19. The van der Waals surface area contributed by atoms with Crippen LogP contribution in [0.2, 0.25) is 0 Å². The fourth-order valence-electron chi connectivity index (χ4n) is 3.39. The SMILES string of the molecule is Cc1ccc(-n2c(C)cc(/C=N\NC(=O)c3c(C)nc4sccn34)c2C)cc1. The number of aryl methyl sites for hydroxylation is 3. The van der Waals surface area contributed by atoms with Crippen molar-refractivity contribution in [2.45, 2.75) is 27.7 Å². The van der Waals surface area contributed by atoms with Crippen LogP contribution in [0.15, 0.2) is 47.0 Å². The minimum absolute atomic E-state index is 0.271. The van der Waals surface area contributed by atoms with Crippen LogP contribution in [-0.2, 0) is 0 Å². The third kappa shape index (κ3) is 3.14. The second-order valence-electron chi connectivity index (χ2n) is 6.80. The van der Waals surface area contributed by atoms with E-state index < -0.39 is 0 Å². The number of hydrazone groups is 1. The van der Waals surface area contributed by atoms with Crippen LogP contribution in [0.1, 0.15) is 38.7 Å². The highest BCUT2D eigenvalue weighted by Gasteiger charge is 2.16. The lowest BCUT2D eigenvalue weighted by molar-refractivity contribution is 0.0948. The molecule has 3 heterocycles. The maximum absolute atomic E-state index is 12.6. The topological polar surface area (TPSA) is 63.7 Å².